The van der Waals surface area contributed by atoms with Gasteiger partial charge in [0.05, 0.1) is 6.61 Å². The molecule has 0 unspecified atom stereocenters. The maximum absolute atomic E-state index is 10.2. The van der Waals surface area contributed by atoms with Crippen LogP contribution in [0.15, 0.2) is 55.1 Å². The maximum atomic E-state index is 10.2. The van der Waals surface area contributed by atoms with Gasteiger partial charge in [0, 0.05) is 17.8 Å². The molecule has 2 aromatic rings. The number of aromatic hydroxyl groups is 1. The molecule has 22 heavy (non-hydrogen) atoms. The number of hydrogen-bond donors (Lipinski definition) is 3. The average Bonchev–Trinajstić information content (AvgIpc) is 2.53. The van der Waals surface area contributed by atoms with Crippen LogP contribution in [0.25, 0.3) is 0 Å². The van der Waals surface area contributed by atoms with Gasteiger partial charge in [0.1, 0.15) is 0 Å². The van der Waals surface area contributed by atoms with Crippen molar-refractivity contribution in [1.29, 1.82) is 0 Å². The SMILES string of the molecule is C=CCc1cc(CNNc2ccccc2)cc(OCC)c1O. The van der Waals surface area contributed by atoms with Gasteiger partial charge in [-0.1, -0.05) is 30.3 Å². The molecule has 2 aromatic carbocycles. The van der Waals surface area contributed by atoms with E-state index in [1.54, 1.807) is 6.08 Å². The van der Waals surface area contributed by atoms with E-state index in [9.17, 15) is 5.11 Å². The van der Waals surface area contributed by atoms with Crippen LogP contribution >= 0.6 is 0 Å². The first-order chi connectivity index (χ1) is 10.7. The zero-order chi connectivity index (χ0) is 15.8. The molecule has 0 atom stereocenters. The second-order valence-electron chi connectivity index (χ2n) is 4.87. The zero-order valence-corrected chi connectivity index (χ0v) is 12.8. The van der Waals surface area contributed by atoms with Crippen LogP contribution in [0.1, 0.15) is 18.1 Å². The average molecular weight is 298 g/mol. The van der Waals surface area contributed by atoms with Crippen molar-refractivity contribution >= 4 is 5.69 Å². The second-order valence-corrected chi connectivity index (χ2v) is 4.87. The maximum Gasteiger partial charge on any atom is 0.161 e. The van der Waals surface area contributed by atoms with Gasteiger partial charge in [-0.25, -0.2) is 5.43 Å². The van der Waals surface area contributed by atoms with Crippen LogP contribution in [-0.2, 0) is 13.0 Å². The van der Waals surface area contributed by atoms with Crippen molar-refractivity contribution in [2.75, 3.05) is 12.0 Å². The van der Waals surface area contributed by atoms with E-state index in [1.807, 2.05) is 49.4 Å². The summed E-state index contributed by atoms with van der Waals surface area (Å²) in [5.41, 5.74) is 9.14. The predicted molar refractivity (Wildman–Crippen MR) is 90.1 cm³/mol. The van der Waals surface area contributed by atoms with E-state index >= 15 is 0 Å². The smallest absolute Gasteiger partial charge is 0.161 e. The van der Waals surface area contributed by atoms with Crippen molar-refractivity contribution in [1.82, 2.24) is 5.43 Å². The summed E-state index contributed by atoms with van der Waals surface area (Å²) < 4.78 is 5.50. The van der Waals surface area contributed by atoms with E-state index in [1.165, 1.54) is 0 Å². The highest BCUT2D eigenvalue weighted by Crippen LogP contribution is 2.32. The van der Waals surface area contributed by atoms with Gasteiger partial charge in [-0.3, -0.25) is 0 Å². The highest BCUT2D eigenvalue weighted by atomic mass is 16.5. The number of para-hydroxylation sites is 1. The van der Waals surface area contributed by atoms with Crippen molar-refractivity contribution in [2.24, 2.45) is 0 Å². The Morgan fingerprint density at radius 1 is 1.23 bits per heavy atom. The van der Waals surface area contributed by atoms with Gasteiger partial charge in [0.2, 0.25) is 0 Å². The largest absolute Gasteiger partial charge is 0.504 e. The highest BCUT2D eigenvalue weighted by molar-refractivity contribution is 5.49. The summed E-state index contributed by atoms with van der Waals surface area (Å²) in [5, 5.41) is 10.2. The predicted octanol–water partition coefficient (Wildman–Crippen LogP) is 3.64. The molecule has 0 fully saturated rings. The minimum atomic E-state index is 0.196. The lowest BCUT2D eigenvalue weighted by atomic mass is 10.1. The Kier molecular flexibility index (Phi) is 5.86. The lowest BCUT2D eigenvalue weighted by Crippen LogP contribution is -2.20. The molecule has 3 N–H and O–H groups in total. The summed E-state index contributed by atoms with van der Waals surface area (Å²) in [7, 11) is 0. The van der Waals surface area contributed by atoms with E-state index in [0.717, 1.165) is 16.8 Å². The van der Waals surface area contributed by atoms with Crippen LogP contribution in [0.4, 0.5) is 5.69 Å². The number of benzene rings is 2. The Morgan fingerprint density at radius 3 is 2.68 bits per heavy atom. The molecule has 4 heteroatoms. The van der Waals surface area contributed by atoms with E-state index < -0.39 is 0 Å². The van der Waals surface area contributed by atoms with Crippen molar-refractivity contribution in [2.45, 2.75) is 19.9 Å². The van der Waals surface area contributed by atoms with Crippen molar-refractivity contribution in [3.05, 3.63) is 66.2 Å². The summed E-state index contributed by atoms with van der Waals surface area (Å²) in [6.07, 6.45) is 2.37. The van der Waals surface area contributed by atoms with Gasteiger partial charge in [-0.15, -0.1) is 6.58 Å². The number of nitrogens with one attached hydrogen (secondary N) is 2. The standard InChI is InChI=1S/C18H22N2O2/c1-3-8-15-11-14(12-17(18(15)21)22-4-2)13-19-20-16-9-6-5-7-10-16/h3,5-7,9-12,19-21H,1,4,8,13H2,2H3. The summed E-state index contributed by atoms with van der Waals surface area (Å²) >= 11 is 0. The molecule has 0 saturated carbocycles. The molecule has 116 valence electrons. The summed E-state index contributed by atoms with van der Waals surface area (Å²) in [5.74, 6) is 0.708. The molecule has 0 bridgehead atoms. The minimum Gasteiger partial charge on any atom is -0.504 e. The minimum absolute atomic E-state index is 0.196. The lowest BCUT2D eigenvalue weighted by molar-refractivity contribution is 0.316. The molecular formula is C18H22N2O2. The van der Waals surface area contributed by atoms with Crippen LogP contribution in [-0.4, -0.2) is 11.7 Å². The number of phenols is 1. The molecule has 0 radical (unpaired) electrons. The van der Waals surface area contributed by atoms with E-state index in [2.05, 4.69) is 17.4 Å². The quantitative estimate of drug-likeness (QED) is 0.514. The number of hydrogen-bond acceptors (Lipinski definition) is 4. The van der Waals surface area contributed by atoms with Crippen LogP contribution in [0, 0.1) is 0 Å². The molecule has 0 spiro atoms. The van der Waals surface area contributed by atoms with E-state index in [-0.39, 0.29) is 5.75 Å². The molecule has 0 saturated heterocycles. The zero-order valence-electron chi connectivity index (χ0n) is 12.8. The van der Waals surface area contributed by atoms with Crippen molar-refractivity contribution in [3.63, 3.8) is 0 Å². The molecule has 0 aliphatic carbocycles. The number of hydrazine groups is 1. The first kappa shape index (κ1) is 15.9. The molecule has 2 rings (SSSR count). The molecule has 0 aromatic heterocycles. The summed E-state index contributed by atoms with van der Waals surface area (Å²) in [6, 6.07) is 13.7. The van der Waals surface area contributed by atoms with Crippen molar-refractivity contribution < 1.29 is 9.84 Å². The third-order valence-electron chi connectivity index (χ3n) is 3.18. The summed E-state index contributed by atoms with van der Waals surface area (Å²) in [6.45, 7) is 6.75. The van der Waals surface area contributed by atoms with Gasteiger partial charge < -0.3 is 15.3 Å². The van der Waals surface area contributed by atoms with Gasteiger partial charge in [0.15, 0.2) is 11.5 Å². The van der Waals surface area contributed by atoms with E-state index in [0.29, 0.717) is 25.3 Å². The Balaban J connectivity index is 2.07. The van der Waals surface area contributed by atoms with Gasteiger partial charge in [-0.2, -0.15) is 0 Å². The summed E-state index contributed by atoms with van der Waals surface area (Å²) in [4.78, 5) is 0. The third-order valence-corrected chi connectivity index (χ3v) is 3.18. The Bertz CT molecular complexity index is 612. The number of allylic oxidation sites excluding steroid dienone is 1. The normalized spacial score (nSPS) is 10.2. The fourth-order valence-electron chi connectivity index (χ4n) is 2.18. The fourth-order valence-corrected chi connectivity index (χ4v) is 2.18. The molecule has 0 aliphatic rings. The van der Waals surface area contributed by atoms with Crippen LogP contribution in [0.5, 0.6) is 11.5 Å². The Hall–Kier alpha value is -2.46. The molecule has 0 aliphatic heterocycles. The van der Waals surface area contributed by atoms with Gasteiger partial charge in [-0.05, 0) is 37.1 Å². The Morgan fingerprint density at radius 2 is 2.00 bits per heavy atom. The van der Waals surface area contributed by atoms with Gasteiger partial charge in [0.25, 0.3) is 0 Å². The number of ether oxygens (including phenoxy) is 1. The third kappa shape index (κ3) is 4.27. The van der Waals surface area contributed by atoms with E-state index in [4.69, 9.17) is 4.74 Å². The highest BCUT2D eigenvalue weighted by Gasteiger charge is 2.10. The molecule has 0 amide bonds. The Labute approximate surface area is 131 Å². The van der Waals surface area contributed by atoms with Gasteiger partial charge >= 0.3 is 0 Å². The molecule has 4 nitrogen and oxygen atoms in total. The fraction of sp³-hybridized carbons (Fsp3) is 0.222. The number of rotatable bonds is 8. The van der Waals surface area contributed by atoms with Crippen molar-refractivity contribution in [3.8, 4) is 11.5 Å². The monoisotopic (exact) mass is 298 g/mol. The first-order valence-corrected chi connectivity index (χ1v) is 7.37. The topological polar surface area (TPSA) is 53.5 Å². The number of anilines is 1. The van der Waals surface area contributed by atoms with Crippen LogP contribution in [0.3, 0.4) is 0 Å². The van der Waals surface area contributed by atoms with Crippen LogP contribution in [0.2, 0.25) is 0 Å². The second kappa shape index (κ2) is 8.10. The lowest BCUT2D eigenvalue weighted by Gasteiger charge is -2.14. The van der Waals surface area contributed by atoms with Crippen LogP contribution < -0.4 is 15.6 Å². The molecular weight excluding hydrogens is 276 g/mol. The first-order valence-electron chi connectivity index (χ1n) is 7.37. The molecule has 0 heterocycles. The number of phenolic OH excluding ortho intramolecular Hbond substituents is 1.